The fourth-order valence-corrected chi connectivity index (χ4v) is 4.77. The van der Waals surface area contributed by atoms with Crippen LogP contribution in [0.15, 0.2) is 42.5 Å². The average molecular weight is 465 g/mol. The molecule has 2 aromatic carbocycles. The number of hydrogen-bond donors (Lipinski definition) is 2. The predicted molar refractivity (Wildman–Crippen MR) is 136 cm³/mol. The Hall–Kier alpha value is -2.87. The Labute approximate surface area is 201 Å². The van der Waals surface area contributed by atoms with Gasteiger partial charge in [-0.1, -0.05) is 24.3 Å². The Morgan fingerprint density at radius 1 is 1.06 bits per heavy atom. The van der Waals surface area contributed by atoms with Crippen LogP contribution in [0.2, 0.25) is 0 Å². The van der Waals surface area contributed by atoms with Gasteiger partial charge in [0.25, 0.3) is 5.91 Å². The number of rotatable bonds is 9. The zero-order valence-corrected chi connectivity index (χ0v) is 20.5. The lowest BCUT2D eigenvalue weighted by atomic mass is 10.1. The van der Waals surface area contributed by atoms with E-state index in [4.69, 9.17) is 4.74 Å². The largest absolute Gasteiger partial charge is 0.395 e. The second-order valence-corrected chi connectivity index (χ2v) is 9.03. The quantitative estimate of drug-likeness (QED) is 0.509. The molecule has 4 rings (SSSR count). The SMILES string of the molecule is COCCn1c(C)cc2cc(C(=O)N3CCN(CCO)CC3)cc(NCc3ccccc3C)c21. The standard InChI is InChI=1S/C27H36N4O3/c1-20-6-4-5-7-22(20)19-28-25-18-24(27(33)30-10-8-29(9-11-30)12-14-32)17-23-16-21(2)31(26(23)25)13-15-34-3/h4-7,16-18,28,32H,8-15,19H2,1-3H3. The van der Waals surface area contributed by atoms with Gasteiger partial charge in [-0.2, -0.15) is 0 Å². The number of aryl methyl sites for hydroxylation is 2. The summed E-state index contributed by atoms with van der Waals surface area (Å²) in [5.41, 5.74) is 6.40. The number of ether oxygens (including phenoxy) is 1. The Morgan fingerprint density at radius 2 is 1.82 bits per heavy atom. The van der Waals surface area contributed by atoms with Crippen molar-refractivity contribution in [3.8, 4) is 0 Å². The van der Waals surface area contributed by atoms with E-state index < -0.39 is 0 Å². The summed E-state index contributed by atoms with van der Waals surface area (Å²) in [5, 5.41) is 13.9. The number of hydrogen-bond acceptors (Lipinski definition) is 5. The maximum Gasteiger partial charge on any atom is 0.254 e. The first-order valence-corrected chi connectivity index (χ1v) is 12.1. The van der Waals surface area contributed by atoms with E-state index in [-0.39, 0.29) is 12.5 Å². The number of nitrogens with zero attached hydrogens (tertiary/aromatic N) is 3. The lowest BCUT2D eigenvalue weighted by Gasteiger charge is -2.34. The predicted octanol–water partition coefficient (Wildman–Crippen LogP) is 3.27. The van der Waals surface area contributed by atoms with Crippen LogP contribution in [0.1, 0.15) is 27.2 Å². The zero-order chi connectivity index (χ0) is 24.1. The number of aliphatic hydroxyl groups excluding tert-OH is 1. The second-order valence-electron chi connectivity index (χ2n) is 9.03. The molecule has 1 saturated heterocycles. The molecule has 182 valence electrons. The first-order chi connectivity index (χ1) is 16.5. The molecule has 7 heteroatoms. The molecule has 1 aromatic heterocycles. The number of amides is 1. The number of fused-ring (bicyclic) bond motifs is 1. The maximum atomic E-state index is 13.5. The number of anilines is 1. The topological polar surface area (TPSA) is 70.0 Å². The highest BCUT2D eigenvalue weighted by Crippen LogP contribution is 2.30. The van der Waals surface area contributed by atoms with E-state index in [1.807, 2.05) is 17.0 Å². The van der Waals surface area contributed by atoms with Crippen LogP contribution in [0.3, 0.4) is 0 Å². The maximum absolute atomic E-state index is 13.5. The van der Waals surface area contributed by atoms with Crippen molar-refractivity contribution in [3.63, 3.8) is 0 Å². The van der Waals surface area contributed by atoms with Crippen molar-refractivity contribution in [2.45, 2.75) is 26.9 Å². The number of methoxy groups -OCH3 is 1. The van der Waals surface area contributed by atoms with Crippen molar-refractivity contribution < 1.29 is 14.6 Å². The van der Waals surface area contributed by atoms with Crippen LogP contribution >= 0.6 is 0 Å². The molecule has 34 heavy (non-hydrogen) atoms. The first kappa shape index (κ1) is 24.3. The lowest BCUT2D eigenvalue weighted by molar-refractivity contribution is 0.0615. The van der Waals surface area contributed by atoms with Gasteiger partial charge in [0.2, 0.25) is 0 Å². The van der Waals surface area contributed by atoms with Crippen LogP contribution in [-0.2, 0) is 17.8 Å². The Balaban J connectivity index is 1.65. The lowest BCUT2D eigenvalue weighted by Crippen LogP contribution is -2.49. The minimum Gasteiger partial charge on any atom is -0.395 e. The molecule has 1 aliphatic rings. The van der Waals surface area contributed by atoms with Crippen molar-refractivity contribution in [2.24, 2.45) is 0 Å². The molecular formula is C27H36N4O3. The third-order valence-corrected chi connectivity index (χ3v) is 6.77. The van der Waals surface area contributed by atoms with Crippen LogP contribution in [0, 0.1) is 13.8 Å². The van der Waals surface area contributed by atoms with E-state index in [0.29, 0.717) is 38.3 Å². The monoisotopic (exact) mass is 464 g/mol. The number of nitrogens with one attached hydrogen (secondary N) is 1. The number of aliphatic hydroxyl groups is 1. The molecule has 0 spiro atoms. The third kappa shape index (κ3) is 5.27. The molecule has 0 aliphatic carbocycles. The third-order valence-electron chi connectivity index (χ3n) is 6.77. The minimum atomic E-state index is 0.0618. The summed E-state index contributed by atoms with van der Waals surface area (Å²) in [5.74, 6) is 0.0618. The summed E-state index contributed by atoms with van der Waals surface area (Å²) in [4.78, 5) is 17.6. The number of carbonyl (C=O) groups excluding carboxylic acids is 1. The second kappa shape index (κ2) is 11.0. The highest BCUT2D eigenvalue weighted by atomic mass is 16.5. The van der Waals surface area contributed by atoms with Gasteiger partial charge < -0.3 is 24.6 Å². The van der Waals surface area contributed by atoms with Crippen molar-refractivity contribution in [3.05, 3.63) is 64.8 Å². The van der Waals surface area contributed by atoms with E-state index in [9.17, 15) is 9.90 Å². The average Bonchev–Trinajstić information content (AvgIpc) is 3.17. The van der Waals surface area contributed by atoms with Crippen molar-refractivity contribution in [1.82, 2.24) is 14.4 Å². The number of piperazine rings is 1. The molecular weight excluding hydrogens is 428 g/mol. The van der Waals surface area contributed by atoms with Gasteiger partial charge in [-0.3, -0.25) is 9.69 Å². The van der Waals surface area contributed by atoms with E-state index in [0.717, 1.165) is 41.9 Å². The molecule has 1 amide bonds. The summed E-state index contributed by atoms with van der Waals surface area (Å²) in [6.45, 7) is 10.0. The molecule has 2 N–H and O–H groups in total. The summed E-state index contributed by atoms with van der Waals surface area (Å²) < 4.78 is 7.61. The van der Waals surface area contributed by atoms with E-state index in [1.54, 1.807) is 7.11 Å². The van der Waals surface area contributed by atoms with Crippen molar-refractivity contribution in [2.75, 3.05) is 58.4 Å². The molecule has 3 aromatic rings. The smallest absolute Gasteiger partial charge is 0.254 e. The molecule has 1 fully saturated rings. The Bertz CT molecular complexity index is 1130. The van der Waals surface area contributed by atoms with Gasteiger partial charge in [0.05, 0.1) is 24.4 Å². The van der Waals surface area contributed by atoms with Crippen LogP contribution in [0.25, 0.3) is 10.9 Å². The number of carbonyl (C=O) groups is 1. The summed E-state index contributed by atoms with van der Waals surface area (Å²) in [6.07, 6.45) is 0. The summed E-state index contributed by atoms with van der Waals surface area (Å²) >= 11 is 0. The number of β-amino-alcohol motifs (C(OH)–C–C–N with tert-alkyl or cyclic N) is 1. The first-order valence-electron chi connectivity index (χ1n) is 12.1. The van der Waals surface area contributed by atoms with Crippen LogP contribution < -0.4 is 5.32 Å². The molecule has 0 unspecified atom stereocenters. The van der Waals surface area contributed by atoms with Crippen molar-refractivity contribution in [1.29, 1.82) is 0 Å². The Kier molecular flexibility index (Phi) is 7.88. The van der Waals surface area contributed by atoms with Gasteiger partial charge in [-0.05, 0) is 43.2 Å². The van der Waals surface area contributed by atoms with Crippen molar-refractivity contribution >= 4 is 22.5 Å². The highest BCUT2D eigenvalue weighted by molar-refractivity contribution is 6.03. The summed E-state index contributed by atoms with van der Waals surface area (Å²) in [7, 11) is 1.72. The van der Waals surface area contributed by atoms with Crippen LogP contribution in [0.4, 0.5) is 5.69 Å². The van der Waals surface area contributed by atoms with Crippen LogP contribution in [-0.4, -0.2) is 78.4 Å². The number of aromatic nitrogens is 1. The van der Waals surface area contributed by atoms with Crippen LogP contribution in [0.5, 0.6) is 0 Å². The highest BCUT2D eigenvalue weighted by Gasteiger charge is 2.23. The molecule has 0 radical (unpaired) electrons. The van der Waals surface area contributed by atoms with E-state index in [1.165, 1.54) is 11.1 Å². The molecule has 0 saturated carbocycles. The molecule has 7 nitrogen and oxygen atoms in total. The van der Waals surface area contributed by atoms with Gasteiger partial charge in [0, 0.05) is 69.6 Å². The van der Waals surface area contributed by atoms with E-state index in [2.05, 4.69) is 59.0 Å². The molecule has 2 heterocycles. The fourth-order valence-electron chi connectivity index (χ4n) is 4.77. The van der Waals surface area contributed by atoms with Gasteiger partial charge in [0.1, 0.15) is 0 Å². The van der Waals surface area contributed by atoms with E-state index >= 15 is 0 Å². The number of benzene rings is 2. The van der Waals surface area contributed by atoms with Gasteiger partial charge in [-0.15, -0.1) is 0 Å². The van der Waals surface area contributed by atoms with Gasteiger partial charge in [0.15, 0.2) is 0 Å². The molecule has 0 bridgehead atoms. The minimum absolute atomic E-state index is 0.0618. The van der Waals surface area contributed by atoms with Gasteiger partial charge in [-0.25, -0.2) is 0 Å². The zero-order valence-electron chi connectivity index (χ0n) is 20.5. The molecule has 1 aliphatic heterocycles. The van der Waals surface area contributed by atoms with Gasteiger partial charge >= 0.3 is 0 Å². The normalized spacial score (nSPS) is 14.6. The fraction of sp³-hybridized carbons (Fsp3) is 0.444. The Morgan fingerprint density at radius 3 is 2.53 bits per heavy atom. The summed E-state index contributed by atoms with van der Waals surface area (Å²) in [6, 6.07) is 14.5. The molecule has 0 atom stereocenters.